The van der Waals surface area contributed by atoms with E-state index in [-0.39, 0.29) is 11.4 Å². The van der Waals surface area contributed by atoms with Gasteiger partial charge in [0.05, 0.1) is 12.2 Å². The molecule has 33 heavy (non-hydrogen) atoms. The molecule has 0 saturated heterocycles. The first-order valence-corrected chi connectivity index (χ1v) is 12.0. The number of nitrogens with zero attached hydrogens (tertiary/aromatic N) is 4. The van der Waals surface area contributed by atoms with Crippen LogP contribution in [-0.2, 0) is 13.6 Å². The van der Waals surface area contributed by atoms with Crippen molar-refractivity contribution in [3.05, 3.63) is 66.0 Å². The van der Waals surface area contributed by atoms with Crippen molar-refractivity contribution < 1.29 is 23.5 Å². The third kappa shape index (κ3) is 6.19. The average molecular weight is 471 g/mol. The molecule has 2 N–H and O–H groups in total. The first-order valence-electron chi connectivity index (χ1n) is 10.4. The Morgan fingerprint density at radius 3 is 2.24 bits per heavy atom. The third-order valence-corrected chi connectivity index (χ3v) is 6.72. The van der Waals surface area contributed by atoms with Crippen LogP contribution >= 0.6 is 7.60 Å². The quantitative estimate of drug-likeness (QED) is 0.442. The SMILES string of the molecule is CC(C)OP(=O)(OC(C)C)C(NC(=O)c1cnc(-c2cccnn2)nc1O)c1ccccc1. The summed E-state index contributed by atoms with van der Waals surface area (Å²) in [6, 6.07) is 12.0. The molecule has 0 fully saturated rings. The highest BCUT2D eigenvalue weighted by molar-refractivity contribution is 7.54. The van der Waals surface area contributed by atoms with E-state index in [9.17, 15) is 14.5 Å². The van der Waals surface area contributed by atoms with Gasteiger partial charge >= 0.3 is 7.60 Å². The molecule has 2 heterocycles. The van der Waals surface area contributed by atoms with E-state index in [2.05, 4.69) is 25.5 Å². The Kier molecular flexibility index (Phi) is 7.86. The smallest absolute Gasteiger partial charge is 0.357 e. The summed E-state index contributed by atoms with van der Waals surface area (Å²) in [5.41, 5.74) is 0.651. The van der Waals surface area contributed by atoms with Crippen LogP contribution in [-0.4, -0.2) is 43.4 Å². The number of hydrogen-bond acceptors (Lipinski definition) is 9. The van der Waals surface area contributed by atoms with E-state index in [0.29, 0.717) is 11.3 Å². The second-order valence-electron chi connectivity index (χ2n) is 7.67. The summed E-state index contributed by atoms with van der Waals surface area (Å²) in [6.45, 7) is 6.91. The van der Waals surface area contributed by atoms with Crippen LogP contribution in [0.1, 0.15) is 49.4 Å². The number of carbonyl (C=O) groups excluding carboxylic acids is 1. The molecule has 3 aromatic rings. The number of aromatic hydroxyl groups is 1. The second-order valence-corrected chi connectivity index (χ2v) is 9.69. The number of nitrogens with one attached hydrogen (secondary N) is 1. The van der Waals surface area contributed by atoms with Gasteiger partial charge in [-0.05, 0) is 45.4 Å². The van der Waals surface area contributed by atoms with Gasteiger partial charge in [0, 0.05) is 12.4 Å². The van der Waals surface area contributed by atoms with Gasteiger partial charge < -0.3 is 19.5 Å². The van der Waals surface area contributed by atoms with E-state index in [1.807, 2.05) is 0 Å². The lowest BCUT2D eigenvalue weighted by molar-refractivity contribution is 0.0916. The van der Waals surface area contributed by atoms with Crippen LogP contribution in [0.25, 0.3) is 11.5 Å². The third-order valence-electron chi connectivity index (χ3n) is 4.23. The van der Waals surface area contributed by atoms with Crippen LogP contribution in [0.2, 0.25) is 0 Å². The maximum Gasteiger partial charge on any atom is 0.357 e. The fourth-order valence-electron chi connectivity index (χ4n) is 2.99. The molecule has 0 aliphatic heterocycles. The number of aromatic nitrogens is 4. The first kappa shape index (κ1) is 24.4. The number of amides is 1. The summed E-state index contributed by atoms with van der Waals surface area (Å²) in [5.74, 6) is -2.32. The fourth-order valence-corrected chi connectivity index (χ4v) is 5.27. The zero-order valence-electron chi connectivity index (χ0n) is 18.7. The van der Waals surface area contributed by atoms with Crippen molar-refractivity contribution in [3.63, 3.8) is 0 Å². The molecular formula is C22H26N5O5P. The van der Waals surface area contributed by atoms with E-state index in [1.54, 1.807) is 70.2 Å². The van der Waals surface area contributed by atoms with E-state index < -0.39 is 37.4 Å². The van der Waals surface area contributed by atoms with Gasteiger partial charge in [-0.2, -0.15) is 10.1 Å². The van der Waals surface area contributed by atoms with Crippen LogP contribution in [0.4, 0.5) is 0 Å². The zero-order chi connectivity index (χ0) is 24.0. The van der Waals surface area contributed by atoms with Crippen molar-refractivity contribution in [2.24, 2.45) is 0 Å². The number of rotatable bonds is 9. The molecule has 1 aromatic carbocycles. The second kappa shape index (κ2) is 10.6. The Morgan fingerprint density at radius 1 is 1.03 bits per heavy atom. The van der Waals surface area contributed by atoms with Crippen LogP contribution in [0, 0.1) is 0 Å². The van der Waals surface area contributed by atoms with Crippen molar-refractivity contribution in [2.45, 2.75) is 45.7 Å². The van der Waals surface area contributed by atoms with Crippen molar-refractivity contribution in [3.8, 4) is 17.4 Å². The van der Waals surface area contributed by atoms with Crippen LogP contribution in [0.5, 0.6) is 5.88 Å². The molecule has 0 saturated carbocycles. The molecule has 0 bridgehead atoms. The van der Waals surface area contributed by atoms with E-state index in [1.165, 1.54) is 12.4 Å². The molecule has 0 aliphatic carbocycles. The monoisotopic (exact) mass is 471 g/mol. The predicted molar refractivity (Wildman–Crippen MR) is 121 cm³/mol. The minimum atomic E-state index is -3.88. The molecule has 10 nitrogen and oxygen atoms in total. The van der Waals surface area contributed by atoms with Gasteiger partial charge in [-0.15, -0.1) is 5.10 Å². The summed E-state index contributed by atoms with van der Waals surface area (Å²) >= 11 is 0. The molecule has 1 amide bonds. The highest BCUT2D eigenvalue weighted by atomic mass is 31.2. The number of hydrogen-bond donors (Lipinski definition) is 2. The zero-order valence-corrected chi connectivity index (χ0v) is 19.6. The van der Waals surface area contributed by atoms with Gasteiger partial charge in [0.1, 0.15) is 11.3 Å². The minimum Gasteiger partial charge on any atom is -0.493 e. The Balaban J connectivity index is 1.96. The maximum absolute atomic E-state index is 13.9. The first-order chi connectivity index (χ1) is 15.7. The minimum absolute atomic E-state index is 0.105. The van der Waals surface area contributed by atoms with Gasteiger partial charge in [-0.25, -0.2) is 4.98 Å². The van der Waals surface area contributed by atoms with E-state index >= 15 is 0 Å². The van der Waals surface area contributed by atoms with Gasteiger partial charge in [0.25, 0.3) is 5.91 Å². The van der Waals surface area contributed by atoms with Gasteiger partial charge in [-0.3, -0.25) is 9.36 Å². The normalized spacial score (nSPS) is 12.7. The molecule has 0 aliphatic rings. The van der Waals surface area contributed by atoms with Crippen LogP contribution in [0.3, 0.4) is 0 Å². The summed E-state index contributed by atoms with van der Waals surface area (Å²) in [5, 5.41) is 20.7. The topological polar surface area (TPSA) is 136 Å². The predicted octanol–water partition coefficient (Wildman–Crippen LogP) is 4.11. The molecule has 0 spiro atoms. The average Bonchev–Trinajstić information content (AvgIpc) is 2.77. The Morgan fingerprint density at radius 2 is 1.70 bits per heavy atom. The standard InChI is InChI=1S/C22H26N5O5P/c1-14(2)31-33(30,32-15(3)4)22(16-9-6-5-7-10-16)26-21(29)17-13-23-19(25-20(17)28)18-11-8-12-24-27-18/h5-15,22H,1-4H3,(H,26,29)(H,23,25,28). The lowest BCUT2D eigenvalue weighted by atomic mass is 10.2. The number of carbonyl (C=O) groups is 1. The van der Waals surface area contributed by atoms with Crippen molar-refractivity contribution >= 4 is 13.5 Å². The van der Waals surface area contributed by atoms with Crippen molar-refractivity contribution in [2.75, 3.05) is 0 Å². The highest BCUT2D eigenvalue weighted by Gasteiger charge is 2.41. The fraction of sp³-hybridized carbons (Fsp3) is 0.318. The van der Waals surface area contributed by atoms with Gasteiger partial charge in [0.15, 0.2) is 11.6 Å². The lowest BCUT2D eigenvalue weighted by Crippen LogP contribution is -2.31. The summed E-state index contributed by atoms with van der Waals surface area (Å²) in [6.07, 6.45) is 1.80. The van der Waals surface area contributed by atoms with Gasteiger partial charge in [-0.1, -0.05) is 30.3 Å². The van der Waals surface area contributed by atoms with E-state index in [0.717, 1.165) is 0 Å². The lowest BCUT2D eigenvalue weighted by Gasteiger charge is -2.30. The van der Waals surface area contributed by atoms with Crippen LogP contribution < -0.4 is 5.32 Å². The molecule has 1 unspecified atom stereocenters. The maximum atomic E-state index is 13.9. The molecule has 174 valence electrons. The Labute approximate surface area is 192 Å². The number of benzene rings is 1. The Bertz CT molecular complexity index is 1110. The molecule has 3 rings (SSSR count). The molecule has 2 aromatic heterocycles. The molecule has 1 atom stereocenters. The summed E-state index contributed by atoms with van der Waals surface area (Å²) < 4.78 is 25.3. The molecular weight excluding hydrogens is 445 g/mol. The highest BCUT2D eigenvalue weighted by Crippen LogP contribution is 2.61. The van der Waals surface area contributed by atoms with Crippen LogP contribution in [0.15, 0.2) is 54.9 Å². The summed E-state index contributed by atoms with van der Waals surface area (Å²) in [4.78, 5) is 21.2. The van der Waals surface area contributed by atoms with Gasteiger partial charge in [0.2, 0.25) is 5.88 Å². The van der Waals surface area contributed by atoms with Crippen molar-refractivity contribution in [1.29, 1.82) is 0 Å². The Hall–Kier alpha value is -3.20. The van der Waals surface area contributed by atoms with E-state index in [4.69, 9.17) is 9.05 Å². The molecule has 11 heteroatoms. The van der Waals surface area contributed by atoms with Crippen molar-refractivity contribution in [1.82, 2.24) is 25.5 Å². The summed E-state index contributed by atoms with van der Waals surface area (Å²) in [7, 11) is -3.88. The molecule has 0 radical (unpaired) electrons. The largest absolute Gasteiger partial charge is 0.493 e.